The molecule has 0 fully saturated rings. The van der Waals surface area contributed by atoms with Crippen LogP contribution in [0.5, 0.6) is 0 Å². The number of hydrogen-bond acceptors (Lipinski definition) is 3. The van der Waals surface area contributed by atoms with Gasteiger partial charge < -0.3 is 32.9 Å². The third-order valence-corrected chi connectivity index (χ3v) is 0. The molecule has 0 aromatic rings. The molecule has 0 aliphatic carbocycles. The zero-order valence-corrected chi connectivity index (χ0v) is 9.90. The first-order valence-corrected chi connectivity index (χ1v) is 2.61. The van der Waals surface area contributed by atoms with E-state index in [2.05, 4.69) is 0 Å². The van der Waals surface area contributed by atoms with Gasteiger partial charge in [-0.15, -0.1) is 0 Å². The first kappa shape index (κ1) is 85.6. The molecule has 82 valence electrons. The van der Waals surface area contributed by atoms with E-state index in [1.54, 1.807) is 0 Å². The fourth-order valence-electron chi connectivity index (χ4n) is 0. The second-order valence-electron chi connectivity index (χ2n) is 0.396. The van der Waals surface area contributed by atoms with Gasteiger partial charge in [0, 0.05) is 19.5 Å². The molecule has 13 N–H and O–H groups in total. The van der Waals surface area contributed by atoms with Gasteiger partial charge >= 0.3 is 28.7 Å². The molecular weight excluding hydrogens is 280 g/mol. The van der Waals surface area contributed by atoms with E-state index < -0.39 is 13.0 Å². The first-order valence-electron chi connectivity index (χ1n) is 0.632. The molecule has 0 unspecified atom stereocenters. The summed E-state index contributed by atoms with van der Waals surface area (Å²) < 4.78 is 33.1. The van der Waals surface area contributed by atoms with Crippen LogP contribution in [0.1, 0.15) is 0 Å². The SMILES string of the molecule is O.O.O.O.O.O.[O]=[Mn](=[O])(=[O])[OH].[Zn]. The zero-order valence-electron chi connectivity index (χ0n) is 5.76. The Balaban J connectivity index is -0.00000000381. The first-order chi connectivity index (χ1) is 2.00. The Morgan fingerprint density at radius 3 is 0.667 bits per heavy atom. The van der Waals surface area contributed by atoms with Crippen molar-refractivity contribution in [3.63, 3.8) is 0 Å². The van der Waals surface area contributed by atoms with Crippen LogP contribution in [-0.2, 0) is 44.0 Å². The van der Waals surface area contributed by atoms with Crippen molar-refractivity contribution in [2.45, 2.75) is 0 Å². The van der Waals surface area contributed by atoms with Crippen LogP contribution in [-0.4, -0.2) is 37.0 Å². The molecule has 0 aliphatic heterocycles. The fourth-order valence-corrected chi connectivity index (χ4v) is 0. The minimum absolute atomic E-state index is 0. The number of rotatable bonds is 0. The van der Waals surface area contributed by atoms with Crippen molar-refractivity contribution >= 4 is 0 Å². The summed E-state index contributed by atoms with van der Waals surface area (Å²) in [4.78, 5) is 0. The van der Waals surface area contributed by atoms with Crippen molar-refractivity contribution in [3.05, 3.63) is 0 Å². The molecule has 0 aliphatic rings. The summed E-state index contributed by atoms with van der Waals surface area (Å²) in [5.74, 6) is 0. The van der Waals surface area contributed by atoms with Crippen LogP contribution in [0.2, 0.25) is 0 Å². The zero-order chi connectivity index (χ0) is 4.50. The van der Waals surface area contributed by atoms with E-state index in [4.69, 9.17) is 15.7 Å². The second kappa shape index (κ2) is 30.2. The quantitative estimate of drug-likeness (QED) is 0.427. The Morgan fingerprint density at radius 1 is 0.667 bits per heavy atom. The van der Waals surface area contributed by atoms with Gasteiger partial charge in [-0.3, -0.25) is 0 Å². The molecule has 0 aromatic carbocycles. The maximum atomic E-state index is 8.69. The van der Waals surface area contributed by atoms with Gasteiger partial charge in [0.25, 0.3) is 0 Å². The van der Waals surface area contributed by atoms with E-state index in [-0.39, 0.29) is 52.3 Å². The van der Waals surface area contributed by atoms with Crippen LogP contribution in [0.25, 0.3) is 0 Å². The average Bonchev–Trinajstić information content (AvgIpc) is 0.722. The van der Waals surface area contributed by atoms with Crippen LogP contribution in [0.15, 0.2) is 0 Å². The monoisotopic (exact) mass is 292 g/mol. The van der Waals surface area contributed by atoms with E-state index in [1.807, 2.05) is 0 Å². The van der Waals surface area contributed by atoms with Gasteiger partial charge in [0.15, 0.2) is 0 Å². The summed E-state index contributed by atoms with van der Waals surface area (Å²) >= 11 is -5.38. The molecular formula is H13MnO10Zn. The maximum Gasteiger partial charge on any atom is 0 e. The fraction of sp³-hybridized carbons (Fsp3) is 0. The molecule has 12 heteroatoms. The van der Waals surface area contributed by atoms with E-state index in [0.29, 0.717) is 0 Å². The minimum Gasteiger partial charge on any atom is 0 e. The third kappa shape index (κ3) is 12700. The Bertz CT molecular complexity index is 131. The van der Waals surface area contributed by atoms with E-state index >= 15 is 0 Å². The Labute approximate surface area is 81.3 Å². The standard InChI is InChI=1S/Mn.7H2O.3O.Zn/h;7*1H2;;;;/q+1;;;;;;;;;;;/p-1. The van der Waals surface area contributed by atoms with E-state index in [9.17, 15) is 0 Å². The molecule has 12 heavy (non-hydrogen) atoms. The van der Waals surface area contributed by atoms with Crippen molar-refractivity contribution in [1.29, 1.82) is 0 Å². The van der Waals surface area contributed by atoms with E-state index in [1.165, 1.54) is 0 Å². The van der Waals surface area contributed by atoms with Crippen LogP contribution in [0.3, 0.4) is 0 Å². The van der Waals surface area contributed by atoms with Crippen LogP contribution in [0.4, 0.5) is 0 Å². The van der Waals surface area contributed by atoms with Crippen molar-refractivity contribution in [3.8, 4) is 0 Å². The van der Waals surface area contributed by atoms with E-state index in [0.717, 1.165) is 0 Å². The molecule has 0 aromatic heterocycles. The second-order valence-corrected chi connectivity index (χ2v) is 1.63. The van der Waals surface area contributed by atoms with Crippen molar-refractivity contribution < 1.29 is 81.0 Å². The molecule has 0 radical (unpaired) electrons. The summed E-state index contributed by atoms with van der Waals surface area (Å²) in [7, 11) is 0. The van der Waals surface area contributed by atoms with Crippen LogP contribution in [0, 0.1) is 0 Å². The number of hydrogen-bond donors (Lipinski definition) is 1. The molecule has 0 rings (SSSR count). The summed E-state index contributed by atoms with van der Waals surface area (Å²) in [6.45, 7) is 0. The van der Waals surface area contributed by atoms with Gasteiger partial charge in [0.2, 0.25) is 0 Å². The molecule has 0 spiro atoms. The topological polar surface area (TPSA) is 260 Å². The molecule has 0 heterocycles. The predicted molar refractivity (Wildman–Crippen MR) is 26.0 cm³/mol. The third-order valence-electron chi connectivity index (χ3n) is 0. The predicted octanol–water partition coefficient (Wildman–Crippen LogP) is -5.87. The Morgan fingerprint density at radius 2 is 0.667 bits per heavy atom. The smallest absolute Gasteiger partial charge is 0 e. The van der Waals surface area contributed by atoms with Gasteiger partial charge in [0.1, 0.15) is 0 Å². The van der Waals surface area contributed by atoms with Gasteiger partial charge in [-0.05, 0) is 0 Å². The van der Waals surface area contributed by atoms with Crippen molar-refractivity contribution in [2.24, 2.45) is 0 Å². The Hall–Kier alpha value is 0.263. The molecule has 0 saturated carbocycles. The maximum absolute atomic E-state index is 8.69. The Kier molecular flexibility index (Phi) is 216. The minimum atomic E-state index is -5.38. The van der Waals surface area contributed by atoms with Gasteiger partial charge in [-0.1, -0.05) is 0 Å². The van der Waals surface area contributed by atoms with Crippen molar-refractivity contribution in [1.82, 2.24) is 0 Å². The molecule has 0 amide bonds. The summed E-state index contributed by atoms with van der Waals surface area (Å²) in [6.07, 6.45) is 0. The molecule has 0 bridgehead atoms. The average molecular weight is 293 g/mol. The molecule has 0 atom stereocenters. The van der Waals surface area contributed by atoms with Crippen LogP contribution < -0.4 is 0 Å². The largest absolute Gasteiger partial charge is 0 e. The summed E-state index contributed by atoms with van der Waals surface area (Å²) in [5, 5.41) is 0. The van der Waals surface area contributed by atoms with Crippen LogP contribution >= 0.6 is 0 Å². The van der Waals surface area contributed by atoms with Gasteiger partial charge in [-0.25, -0.2) is 0 Å². The van der Waals surface area contributed by atoms with Crippen molar-refractivity contribution in [2.75, 3.05) is 0 Å². The van der Waals surface area contributed by atoms with Gasteiger partial charge in [0.05, 0.1) is 0 Å². The molecule has 0 saturated heterocycles. The molecule has 10 nitrogen and oxygen atoms in total. The normalized spacial score (nSPS) is 4.75. The summed E-state index contributed by atoms with van der Waals surface area (Å²) in [5.41, 5.74) is 0. The summed E-state index contributed by atoms with van der Waals surface area (Å²) in [6, 6.07) is 0. The van der Waals surface area contributed by atoms with Gasteiger partial charge in [-0.2, -0.15) is 0 Å².